The van der Waals surface area contributed by atoms with Gasteiger partial charge in [-0.05, 0) is 12.1 Å². The van der Waals surface area contributed by atoms with Gasteiger partial charge in [0.05, 0.1) is 5.01 Å². The number of thiazole rings is 1. The average Bonchev–Trinajstić information content (AvgIpc) is 2.86. The largest absolute Gasteiger partial charge is 0.477 e. The summed E-state index contributed by atoms with van der Waals surface area (Å²) in [4.78, 5) is 15.1. The molecule has 2 heterocycles. The Morgan fingerprint density at radius 1 is 1.69 bits per heavy atom. The molecule has 0 fully saturated rings. The molecule has 0 radical (unpaired) electrons. The maximum Gasteiger partial charge on any atom is 0.352 e. The van der Waals surface area contributed by atoms with Crippen LogP contribution in [0.4, 0.5) is 0 Å². The normalized spacial score (nSPS) is 12.6. The Bertz CT molecular complexity index is 476. The third kappa shape index (κ3) is 2.14. The van der Waals surface area contributed by atoms with E-state index in [1.165, 1.54) is 0 Å². The van der Waals surface area contributed by atoms with Crippen LogP contribution in [0, 0.1) is 0 Å². The number of carboxylic acid groups (broad SMARTS) is 1. The molecule has 2 aromatic heterocycles. The van der Waals surface area contributed by atoms with Crippen LogP contribution in [0.25, 0.3) is 0 Å². The molecule has 1 atom stereocenters. The fourth-order valence-corrected chi connectivity index (χ4v) is 2.31. The minimum Gasteiger partial charge on any atom is -0.477 e. The van der Waals surface area contributed by atoms with Crippen LogP contribution < -0.4 is 0 Å². The van der Waals surface area contributed by atoms with Crippen molar-refractivity contribution < 1.29 is 9.90 Å². The maximum atomic E-state index is 10.9. The zero-order valence-electron chi connectivity index (χ0n) is 8.83. The molecule has 4 nitrogen and oxygen atoms in total. The molecule has 0 amide bonds. The number of rotatable bonds is 4. The van der Waals surface area contributed by atoms with Crippen molar-refractivity contribution in [3.05, 3.63) is 40.6 Å². The summed E-state index contributed by atoms with van der Waals surface area (Å²) in [6, 6.07) is 3.36. The van der Waals surface area contributed by atoms with E-state index in [0.717, 1.165) is 5.01 Å². The van der Waals surface area contributed by atoms with E-state index >= 15 is 0 Å². The summed E-state index contributed by atoms with van der Waals surface area (Å²) in [5.41, 5.74) is 0.323. The first-order chi connectivity index (χ1) is 7.68. The standard InChI is InChI=1S/C11H12N2O2S/c1-8(10-12-4-6-16-10)7-13-5-2-3-9(13)11(14)15/h2-6,8H,7H2,1H3,(H,14,15). The van der Waals surface area contributed by atoms with E-state index in [0.29, 0.717) is 12.2 Å². The van der Waals surface area contributed by atoms with Crippen molar-refractivity contribution in [3.63, 3.8) is 0 Å². The van der Waals surface area contributed by atoms with Crippen LogP contribution in [0.1, 0.15) is 28.3 Å². The summed E-state index contributed by atoms with van der Waals surface area (Å²) in [5, 5.41) is 11.9. The second-order valence-corrected chi connectivity index (χ2v) is 4.55. The highest BCUT2D eigenvalue weighted by Gasteiger charge is 2.13. The molecule has 84 valence electrons. The van der Waals surface area contributed by atoms with Crippen molar-refractivity contribution in [2.75, 3.05) is 0 Å². The average molecular weight is 236 g/mol. The second kappa shape index (κ2) is 4.49. The maximum absolute atomic E-state index is 10.9. The Balaban J connectivity index is 2.15. The van der Waals surface area contributed by atoms with E-state index in [2.05, 4.69) is 4.98 Å². The summed E-state index contributed by atoms with van der Waals surface area (Å²) in [7, 11) is 0. The van der Waals surface area contributed by atoms with Gasteiger partial charge in [-0.2, -0.15) is 0 Å². The molecule has 1 unspecified atom stereocenters. The minimum absolute atomic E-state index is 0.227. The minimum atomic E-state index is -0.892. The lowest BCUT2D eigenvalue weighted by Gasteiger charge is -2.11. The zero-order chi connectivity index (χ0) is 11.5. The lowest BCUT2D eigenvalue weighted by Crippen LogP contribution is -2.11. The van der Waals surface area contributed by atoms with Crippen molar-refractivity contribution in [3.8, 4) is 0 Å². The van der Waals surface area contributed by atoms with Gasteiger partial charge >= 0.3 is 5.97 Å². The van der Waals surface area contributed by atoms with Crippen molar-refractivity contribution in [1.82, 2.24) is 9.55 Å². The molecule has 2 rings (SSSR count). The Hall–Kier alpha value is -1.62. The summed E-state index contributed by atoms with van der Waals surface area (Å²) in [6.45, 7) is 2.69. The fraction of sp³-hybridized carbons (Fsp3) is 0.273. The van der Waals surface area contributed by atoms with E-state index in [4.69, 9.17) is 5.11 Å². The first kappa shape index (κ1) is 10.9. The van der Waals surface area contributed by atoms with E-state index in [1.807, 2.05) is 12.3 Å². The van der Waals surface area contributed by atoms with Crippen LogP contribution in [0.15, 0.2) is 29.9 Å². The molecule has 1 N–H and O–H groups in total. The molecule has 0 aliphatic heterocycles. The van der Waals surface area contributed by atoms with Gasteiger partial charge in [0.25, 0.3) is 0 Å². The quantitative estimate of drug-likeness (QED) is 0.887. The zero-order valence-corrected chi connectivity index (χ0v) is 9.65. The first-order valence-electron chi connectivity index (χ1n) is 4.96. The molecule has 2 aromatic rings. The number of aromatic carboxylic acids is 1. The van der Waals surface area contributed by atoms with Gasteiger partial charge in [-0.1, -0.05) is 6.92 Å². The molecule has 0 aliphatic rings. The van der Waals surface area contributed by atoms with Crippen LogP contribution in [0.2, 0.25) is 0 Å². The van der Waals surface area contributed by atoms with Gasteiger partial charge in [0.1, 0.15) is 5.69 Å². The summed E-state index contributed by atoms with van der Waals surface area (Å²) in [5.74, 6) is -0.665. The van der Waals surface area contributed by atoms with E-state index in [9.17, 15) is 4.79 Å². The molecule has 0 saturated heterocycles. The Labute approximate surface area is 97.2 Å². The van der Waals surface area contributed by atoms with Crippen molar-refractivity contribution in [2.45, 2.75) is 19.4 Å². The van der Waals surface area contributed by atoms with Crippen LogP contribution in [-0.2, 0) is 6.54 Å². The Morgan fingerprint density at radius 2 is 2.50 bits per heavy atom. The summed E-state index contributed by atoms with van der Waals surface area (Å²) in [6.07, 6.45) is 3.55. The highest BCUT2D eigenvalue weighted by Crippen LogP contribution is 2.20. The van der Waals surface area contributed by atoms with E-state index < -0.39 is 5.97 Å². The molecule has 0 aromatic carbocycles. The number of hydrogen-bond donors (Lipinski definition) is 1. The fourth-order valence-electron chi connectivity index (χ4n) is 1.62. The monoisotopic (exact) mass is 236 g/mol. The molecule has 0 saturated carbocycles. The number of carboxylic acids is 1. The lowest BCUT2D eigenvalue weighted by atomic mass is 10.2. The van der Waals surface area contributed by atoms with E-state index in [1.54, 1.807) is 40.4 Å². The summed E-state index contributed by atoms with van der Waals surface area (Å²) < 4.78 is 1.74. The van der Waals surface area contributed by atoms with Crippen molar-refractivity contribution in [1.29, 1.82) is 0 Å². The molecule has 5 heteroatoms. The number of nitrogens with zero attached hydrogens (tertiary/aromatic N) is 2. The van der Waals surface area contributed by atoms with Crippen molar-refractivity contribution in [2.24, 2.45) is 0 Å². The van der Waals surface area contributed by atoms with Gasteiger partial charge in [-0.3, -0.25) is 0 Å². The first-order valence-corrected chi connectivity index (χ1v) is 5.84. The molecular formula is C11H12N2O2S. The van der Waals surface area contributed by atoms with Gasteiger partial charge in [-0.25, -0.2) is 9.78 Å². The van der Waals surface area contributed by atoms with Crippen LogP contribution in [0.3, 0.4) is 0 Å². The van der Waals surface area contributed by atoms with Gasteiger partial charge < -0.3 is 9.67 Å². The van der Waals surface area contributed by atoms with Gasteiger partial charge in [0, 0.05) is 30.2 Å². The van der Waals surface area contributed by atoms with Gasteiger partial charge in [0.2, 0.25) is 0 Å². The van der Waals surface area contributed by atoms with Gasteiger partial charge in [-0.15, -0.1) is 11.3 Å². The summed E-state index contributed by atoms with van der Waals surface area (Å²) >= 11 is 1.60. The van der Waals surface area contributed by atoms with Crippen LogP contribution >= 0.6 is 11.3 Å². The molecule has 0 spiro atoms. The second-order valence-electron chi connectivity index (χ2n) is 3.62. The third-order valence-electron chi connectivity index (χ3n) is 2.39. The molecule has 0 bridgehead atoms. The Kier molecular flexibility index (Phi) is 3.05. The number of hydrogen-bond acceptors (Lipinski definition) is 3. The highest BCUT2D eigenvalue weighted by atomic mass is 32.1. The number of aromatic nitrogens is 2. The number of carbonyl (C=O) groups is 1. The van der Waals surface area contributed by atoms with Crippen LogP contribution in [0.5, 0.6) is 0 Å². The highest BCUT2D eigenvalue weighted by molar-refractivity contribution is 7.09. The smallest absolute Gasteiger partial charge is 0.352 e. The predicted octanol–water partition coefficient (Wildman–Crippen LogP) is 2.45. The molecule has 16 heavy (non-hydrogen) atoms. The lowest BCUT2D eigenvalue weighted by molar-refractivity contribution is 0.0684. The third-order valence-corrected chi connectivity index (χ3v) is 3.40. The van der Waals surface area contributed by atoms with E-state index in [-0.39, 0.29) is 5.92 Å². The SMILES string of the molecule is CC(Cn1cccc1C(=O)O)c1nccs1. The topological polar surface area (TPSA) is 55.1 Å². The van der Waals surface area contributed by atoms with Gasteiger partial charge in [0.15, 0.2) is 0 Å². The van der Waals surface area contributed by atoms with Crippen LogP contribution in [-0.4, -0.2) is 20.6 Å². The predicted molar refractivity (Wildman–Crippen MR) is 61.9 cm³/mol. The molecular weight excluding hydrogens is 224 g/mol. The Morgan fingerprint density at radius 3 is 3.12 bits per heavy atom. The van der Waals surface area contributed by atoms with Crippen molar-refractivity contribution >= 4 is 17.3 Å². The molecule has 0 aliphatic carbocycles.